The normalized spacial score (nSPS) is 14.0. The Morgan fingerprint density at radius 1 is 0.963 bits per heavy atom. The SMILES string of the molecule is COc1ccc(OCCCNC(=O)N2CCN(c3ccccc3)CC2)cc1. The van der Waals surface area contributed by atoms with Crippen LogP contribution in [0.15, 0.2) is 54.6 Å². The molecule has 2 aromatic rings. The first-order valence-corrected chi connectivity index (χ1v) is 9.36. The zero-order chi connectivity index (χ0) is 18.9. The van der Waals surface area contributed by atoms with E-state index in [1.807, 2.05) is 47.4 Å². The summed E-state index contributed by atoms with van der Waals surface area (Å²) in [7, 11) is 1.64. The number of ether oxygens (including phenoxy) is 2. The molecule has 2 aromatic carbocycles. The molecule has 0 atom stereocenters. The lowest BCUT2D eigenvalue weighted by atomic mass is 10.2. The number of anilines is 1. The fraction of sp³-hybridized carbons (Fsp3) is 0.381. The Kier molecular flexibility index (Phi) is 6.79. The molecule has 1 heterocycles. The van der Waals surface area contributed by atoms with Gasteiger partial charge in [0.15, 0.2) is 0 Å². The highest BCUT2D eigenvalue weighted by molar-refractivity contribution is 5.74. The molecule has 1 fully saturated rings. The molecule has 144 valence electrons. The molecule has 1 aliphatic rings. The van der Waals surface area contributed by atoms with E-state index in [0.29, 0.717) is 13.2 Å². The molecule has 0 saturated carbocycles. The van der Waals surface area contributed by atoms with E-state index in [1.54, 1.807) is 7.11 Å². The molecule has 2 amide bonds. The van der Waals surface area contributed by atoms with Gasteiger partial charge in [0.25, 0.3) is 0 Å². The van der Waals surface area contributed by atoms with Gasteiger partial charge >= 0.3 is 6.03 Å². The fourth-order valence-electron chi connectivity index (χ4n) is 3.05. The minimum atomic E-state index is 0.00663. The van der Waals surface area contributed by atoms with Crippen molar-refractivity contribution in [1.82, 2.24) is 10.2 Å². The van der Waals surface area contributed by atoms with Crippen molar-refractivity contribution >= 4 is 11.7 Å². The number of rotatable bonds is 7. The first-order valence-electron chi connectivity index (χ1n) is 9.36. The van der Waals surface area contributed by atoms with Crippen LogP contribution in [0, 0.1) is 0 Å². The Balaban J connectivity index is 1.30. The maximum atomic E-state index is 12.3. The quantitative estimate of drug-likeness (QED) is 0.763. The third-order valence-corrected chi connectivity index (χ3v) is 4.61. The van der Waals surface area contributed by atoms with Gasteiger partial charge < -0.3 is 24.6 Å². The number of nitrogens with zero attached hydrogens (tertiary/aromatic N) is 2. The number of piperazine rings is 1. The van der Waals surface area contributed by atoms with Gasteiger partial charge in [-0.15, -0.1) is 0 Å². The lowest BCUT2D eigenvalue weighted by Gasteiger charge is -2.36. The number of nitrogens with one attached hydrogen (secondary N) is 1. The Bertz CT molecular complexity index is 698. The average Bonchev–Trinajstić information content (AvgIpc) is 2.74. The van der Waals surface area contributed by atoms with E-state index in [4.69, 9.17) is 9.47 Å². The molecule has 0 spiro atoms. The highest BCUT2D eigenvalue weighted by Crippen LogP contribution is 2.17. The van der Waals surface area contributed by atoms with Crippen LogP contribution in [0.25, 0.3) is 0 Å². The molecule has 0 unspecified atom stereocenters. The van der Waals surface area contributed by atoms with Crippen LogP contribution >= 0.6 is 0 Å². The van der Waals surface area contributed by atoms with E-state index in [2.05, 4.69) is 22.3 Å². The molecule has 0 bridgehead atoms. The highest BCUT2D eigenvalue weighted by atomic mass is 16.5. The standard InChI is InChI=1S/C21H27N3O3/c1-26-19-8-10-20(11-9-19)27-17-5-12-22-21(25)24-15-13-23(14-16-24)18-6-3-2-4-7-18/h2-4,6-11H,5,12-17H2,1H3,(H,22,25). The number of carbonyl (C=O) groups excluding carboxylic acids is 1. The summed E-state index contributed by atoms with van der Waals surface area (Å²) in [6, 6.07) is 17.8. The van der Waals surface area contributed by atoms with Gasteiger partial charge in [0.2, 0.25) is 0 Å². The van der Waals surface area contributed by atoms with Crippen molar-refractivity contribution in [3.8, 4) is 11.5 Å². The van der Waals surface area contributed by atoms with Crippen LogP contribution in [-0.4, -0.2) is 57.4 Å². The second kappa shape index (κ2) is 9.71. The molecule has 1 saturated heterocycles. The summed E-state index contributed by atoms with van der Waals surface area (Å²) < 4.78 is 10.8. The molecule has 1 aliphatic heterocycles. The van der Waals surface area contributed by atoms with E-state index < -0.39 is 0 Å². The fourth-order valence-corrected chi connectivity index (χ4v) is 3.05. The van der Waals surface area contributed by atoms with Crippen LogP contribution in [0.4, 0.5) is 10.5 Å². The third-order valence-electron chi connectivity index (χ3n) is 4.61. The number of carbonyl (C=O) groups is 1. The van der Waals surface area contributed by atoms with E-state index >= 15 is 0 Å². The third kappa shape index (κ3) is 5.54. The Labute approximate surface area is 160 Å². The maximum absolute atomic E-state index is 12.3. The molecular formula is C21H27N3O3. The average molecular weight is 369 g/mol. The molecule has 0 aliphatic carbocycles. The number of urea groups is 1. The van der Waals surface area contributed by atoms with Crippen molar-refractivity contribution in [2.45, 2.75) is 6.42 Å². The predicted molar refractivity (Wildman–Crippen MR) is 107 cm³/mol. The molecule has 3 rings (SSSR count). The minimum Gasteiger partial charge on any atom is -0.497 e. The van der Waals surface area contributed by atoms with Gasteiger partial charge in [0, 0.05) is 38.4 Å². The number of hydrogen-bond donors (Lipinski definition) is 1. The van der Waals surface area contributed by atoms with E-state index in [0.717, 1.165) is 44.1 Å². The molecule has 0 aromatic heterocycles. The van der Waals surface area contributed by atoms with Crippen molar-refractivity contribution in [1.29, 1.82) is 0 Å². The summed E-state index contributed by atoms with van der Waals surface area (Å²) in [6.07, 6.45) is 0.766. The van der Waals surface area contributed by atoms with Gasteiger partial charge in [0.1, 0.15) is 11.5 Å². The van der Waals surface area contributed by atoms with E-state index in [1.165, 1.54) is 5.69 Å². The topological polar surface area (TPSA) is 54.0 Å². The van der Waals surface area contributed by atoms with E-state index in [-0.39, 0.29) is 6.03 Å². The van der Waals surface area contributed by atoms with Gasteiger partial charge in [-0.1, -0.05) is 18.2 Å². The van der Waals surface area contributed by atoms with Crippen molar-refractivity contribution in [2.75, 3.05) is 51.3 Å². The summed E-state index contributed by atoms with van der Waals surface area (Å²) in [4.78, 5) is 16.5. The van der Waals surface area contributed by atoms with Gasteiger partial charge in [-0.25, -0.2) is 4.79 Å². The largest absolute Gasteiger partial charge is 0.497 e. The summed E-state index contributed by atoms with van der Waals surface area (Å²) >= 11 is 0. The van der Waals surface area contributed by atoms with Crippen LogP contribution in [0.3, 0.4) is 0 Å². The molecular weight excluding hydrogens is 342 g/mol. The zero-order valence-corrected chi connectivity index (χ0v) is 15.8. The summed E-state index contributed by atoms with van der Waals surface area (Å²) in [5, 5.41) is 2.98. The van der Waals surface area contributed by atoms with Crippen molar-refractivity contribution in [3.05, 3.63) is 54.6 Å². The smallest absolute Gasteiger partial charge is 0.317 e. The van der Waals surface area contributed by atoms with E-state index in [9.17, 15) is 4.79 Å². The highest BCUT2D eigenvalue weighted by Gasteiger charge is 2.20. The van der Waals surface area contributed by atoms with Crippen LogP contribution in [0.5, 0.6) is 11.5 Å². The van der Waals surface area contributed by atoms with Crippen LogP contribution in [0.2, 0.25) is 0 Å². The summed E-state index contributed by atoms with van der Waals surface area (Å²) in [5.41, 5.74) is 1.22. The molecule has 0 radical (unpaired) electrons. The molecule has 1 N–H and O–H groups in total. The molecule has 6 heteroatoms. The van der Waals surface area contributed by atoms with Gasteiger partial charge in [-0.2, -0.15) is 0 Å². The first-order chi connectivity index (χ1) is 13.3. The molecule has 27 heavy (non-hydrogen) atoms. The van der Waals surface area contributed by atoms with Crippen LogP contribution in [-0.2, 0) is 0 Å². The van der Waals surface area contributed by atoms with Gasteiger partial charge in [0.05, 0.1) is 13.7 Å². The van der Waals surface area contributed by atoms with Crippen molar-refractivity contribution < 1.29 is 14.3 Å². The van der Waals surface area contributed by atoms with Crippen molar-refractivity contribution in [2.24, 2.45) is 0 Å². The monoisotopic (exact) mass is 369 g/mol. The second-order valence-corrected chi connectivity index (χ2v) is 6.42. The summed E-state index contributed by atoms with van der Waals surface area (Å²) in [5.74, 6) is 1.61. The molecule has 6 nitrogen and oxygen atoms in total. The zero-order valence-electron chi connectivity index (χ0n) is 15.8. The Morgan fingerprint density at radius 2 is 1.63 bits per heavy atom. The second-order valence-electron chi connectivity index (χ2n) is 6.42. The number of amides is 2. The van der Waals surface area contributed by atoms with Crippen LogP contribution in [0.1, 0.15) is 6.42 Å². The maximum Gasteiger partial charge on any atom is 0.317 e. The van der Waals surface area contributed by atoms with Gasteiger partial charge in [-0.05, 0) is 42.8 Å². The number of methoxy groups -OCH3 is 1. The lowest BCUT2D eigenvalue weighted by Crippen LogP contribution is -2.52. The number of para-hydroxylation sites is 1. The Morgan fingerprint density at radius 3 is 2.30 bits per heavy atom. The number of benzene rings is 2. The van der Waals surface area contributed by atoms with Crippen molar-refractivity contribution in [3.63, 3.8) is 0 Å². The minimum absolute atomic E-state index is 0.00663. The number of hydrogen-bond acceptors (Lipinski definition) is 4. The predicted octanol–water partition coefficient (Wildman–Crippen LogP) is 3.00. The van der Waals surface area contributed by atoms with Gasteiger partial charge in [-0.3, -0.25) is 0 Å². The Hall–Kier alpha value is -2.89. The first kappa shape index (κ1) is 18.9. The lowest BCUT2D eigenvalue weighted by molar-refractivity contribution is 0.193. The van der Waals surface area contributed by atoms with Crippen LogP contribution < -0.4 is 19.7 Å². The summed E-state index contributed by atoms with van der Waals surface area (Å²) in [6.45, 7) is 4.37.